The number of amides is 1. The summed E-state index contributed by atoms with van der Waals surface area (Å²) in [6.45, 7) is 2.07. The van der Waals surface area contributed by atoms with E-state index in [4.69, 9.17) is 0 Å². The van der Waals surface area contributed by atoms with E-state index in [1.165, 1.54) is 36.0 Å². The van der Waals surface area contributed by atoms with Gasteiger partial charge in [-0.25, -0.2) is 8.78 Å². The first-order valence-electron chi connectivity index (χ1n) is 9.97. The Hall–Kier alpha value is -3.52. The maximum atomic E-state index is 13.5. The van der Waals surface area contributed by atoms with Crippen LogP contribution in [-0.2, 0) is 11.3 Å². The van der Waals surface area contributed by atoms with Crippen molar-refractivity contribution in [3.05, 3.63) is 96.1 Å². The Labute approximate surface area is 188 Å². The van der Waals surface area contributed by atoms with Gasteiger partial charge in [0.25, 0.3) is 0 Å². The molecule has 3 aromatic carbocycles. The maximum absolute atomic E-state index is 13.5. The van der Waals surface area contributed by atoms with E-state index in [0.29, 0.717) is 23.2 Å². The first-order chi connectivity index (χ1) is 15.5. The van der Waals surface area contributed by atoms with Crippen LogP contribution >= 0.6 is 11.8 Å². The van der Waals surface area contributed by atoms with Crippen LogP contribution in [0.1, 0.15) is 12.5 Å². The lowest BCUT2D eigenvalue weighted by Gasteiger charge is -2.14. The molecule has 0 aliphatic rings. The number of rotatable bonds is 7. The molecule has 0 radical (unpaired) electrons. The maximum Gasteiger partial charge on any atom is 0.233 e. The molecule has 5 nitrogen and oxygen atoms in total. The predicted molar refractivity (Wildman–Crippen MR) is 120 cm³/mol. The minimum Gasteiger partial charge on any atom is -0.351 e. The second-order valence-corrected chi connectivity index (χ2v) is 8.40. The van der Waals surface area contributed by atoms with E-state index in [0.717, 1.165) is 11.1 Å². The number of carbonyl (C=O) groups is 1. The summed E-state index contributed by atoms with van der Waals surface area (Å²) in [7, 11) is 0. The summed E-state index contributed by atoms with van der Waals surface area (Å²) >= 11 is 1.25. The summed E-state index contributed by atoms with van der Waals surface area (Å²) in [6, 6.07) is 21.5. The smallest absolute Gasteiger partial charge is 0.233 e. The minimum absolute atomic E-state index is 0.186. The van der Waals surface area contributed by atoms with Crippen molar-refractivity contribution < 1.29 is 13.6 Å². The van der Waals surface area contributed by atoms with Gasteiger partial charge in [-0.3, -0.25) is 9.36 Å². The third-order valence-electron chi connectivity index (χ3n) is 4.78. The Morgan fingerprint density at radius 3 is 2.22 bits per heavy atom. The number of benzene rings is 3. The molecule has 1 amide bonds. The van der Waals surface area contributed by atoms with Gasteiger partial charge in [0.1, 0.15) is 11.6 Å². The number of aromatic nitrogens is 3. The van der Waals surface area contributed by atoms with Gasteiger partial charge in [-0.2, -0.15) is 0 Å². The van der Waals surface area contributed by atoms with Crippen molar-refractivity contribution in [1.29, 1.82) is 0 Å². The molecule has 0 spiro atoms. The SMILES string of the molecule is CC(Sc1nnc(-c2ccccc2)n1-c1ccc(F)cc1)C(=O)NCc1ccc(F)cc1. The molecule has 1 aromatic heterocycles. The minimum atomic E-state index is -0.470. The first kappa shape index (κ1) is 21.7. The Kier molecular flexibility index (Phi) is 6.61. The fourth-order valence-electron chi connectivity index (χ4n) is 3.09. The molecule has 32 heavy (non-hydrogen) atoms. The van der Waals surface area contributed by atoms with Crippen molar-refractivity contribution in [1.82, 2.24) is 20.1 Å². The van der Waals surface area contributed by atoms with E-state index in [9.17, 15) is 13.6 Å². The van der Waals surface area contributed by atoms with E-state index in [2.05, 4.69) is 15.5 Å². The third-order valence-corrected chi connectivity index (χ3v) is 5.82. The van der Waals surface area contributed by atoms with Crippen molar-refractivity contribution in [2.24, 2.45) is 0 Å². The zero-order chi connectivity index (χ0) is 22.5. The average Bonchev–Trinajstić information content (AvgIpc) is 3.23. The molecule has 0 saturated carbocycles. The first-order valence-corrected chi connectivity index (χ1v) is 10.8. The van der Waals surface area contributed by atoms with Gasteiger partial charge in [-0.1, -0.05) is 54.2 Å². The van der Waals surface area contributed by atoms with Gasteiger partial charge in [0.05, 0.1) is 5.25 Å². The molecule has 8 heteroatoms. The van der Waals surface area contributed by atoms with Crippen molar-refractivity contribution in [3.8, 4) is 17.1 Å². The molecule has 1 unspecified atom stereocenters. The van der Waals surface area contributed by atoms with Crippen molar-refractivity contribution >= 4 is 17.7 Å². The van der Waals surface area contributed by atoms with Gasteiger partial charge in [-0.15, -0.1) is 10.2 Å². The lowest BCUT2D eigenvalue weighted by atomic mass is 10.2. The number of hydrogen-bond donors (Lipinski definition) is 1. The number of nitrogens with one attached hydrogen (secondary N) is 1. The van der Waals surface area contributed by atoms with Gasteiger partial charge in [0, 0.05) is 17.8 Å². The summed E-state index contributed by atoms with van der Waals surface area (Å²) in [5.74, 6) is -0.253. The number of thioether (sulfide) groups is 1. The van der Waals surface area contributed by atoms with E-state index in [-0.39, 0.29) is 17.5 Å². The molecule has 4 aromatic rings. The molecule has 0 aliphatic heterocycles. The van der Waals surface area contributed by atoms with Crippen LogP contribution in [0.15, 0.2) is 84.0 Å². The lowest BCUT2D eigenvalue weighted by Crippen LogP contribution is -2.30. The van der Waals surface area contributed by atoms with E-state index >= 15 is 0 Å². The van der Waals surface area contributed by atoms with E-state index in [1.54, 1.807) is 31.2 Å². The van der Waals surface area contributed by atoms with Crippen molar-refractivity contribution in [2.75, 3.05) is 0 Å². The molecular weight excluding hydrogens is 430 g/mol. The predicted octanol–water partition coefficient (Wildman–Crippen LogP) is 5.01. The number of halogens is 2. The molecular formula is C24H20F2N4OS. The van der Waals surface area contributed by atoms with Crippen LogP contribution in [0.4, 0.5) is 8.78 Å². The number of nitrogens with zero attached hydrogens (tertiary/aromatic N) is 3. The number of hydrogen-bond acceptors (Lipinski definition) is 4. The van der Waals surface area contributed by atoms with Gasteiger partial charge in [-0.05, 0) is 48.9 Å². The van der Waals surface area contributed by atoms with Crippen LogP contribution in [0, 0.1) is 11.6 Å². The molecule has 1 heterocycles. The second-order valence-electron chi connectivity index (χ2n) is 7.09. The standard InChI is InChI=1S/C24H20F2N4OS/c1-16(23(31)27-15-17-7-9-19(25)10-8-17)32-24-29-28-22(18-5-3-2-4-6-18)30(24)21-13-11-20(26)12-14-21/h2-14,16H,15H2,1H3,(H,27,31). The van der Waals surface area contributed by atoms with Gasteiger partial charge < -0.3 is 5.32 Å². The monoisotopic (exact) mass is 450 g/mol. The second kappa shape index (κ2) is 9.74. The molecule has 1 atom stereocenters. The highest BCUT2D eigenvalue weighted by atomic mass is 32.2. The van der Waals surface area contributed by atoms with Crippen LogP contribution in [0.25, 0.3) is 17.1 Å². The quantitative estimate of drug-likeness (QED) is 0.402. The van der Waals surface area contributed by atoms with Crippen molar-refractivity contribution in [3.63, 3.8) is 0 Å². The number of carbonyl (C=O) groups excluding carboxylic acids is 1. The molecule has 0 fully saturated rings. The Morgan fingerprint density at radius 1 is 0.938 bits per heavy atom. The van der Waals surface area contributed by atoms with Gasteiger partial charge in [0.2, 0.25) is 5.91 Å². The zero-order valence-corrected chi connectivity index (χ0v) is 18.0. The molecule has 0 aliphatic carbocycles. The molecule has 0 saturated heterocycles. The third kappa shape index (κ3) is 5.03. The van der Waals surface area contributed by atoms with E-state index in [1.807, 2.05) is 34.9 Å². The summed E-state index contributed by atoms with van der Waals surface area (Å²) in [5.41, 5.74) is 2.35. The van der Waals surface area contributed by atoms with Crippen LogP contribution in [0.5, 0.6) is 0 Å². The highest BCUT2D eigenvalue weighted by Gasteiger charge is 2.21. The Balaban J connectivity index is 1.56. The lowest BCUT2D eigenvalue weighted by molar-refractivity contribution is -0.120. The zero-order valence-electron chi connectivity index (χ0n) is 17.2. The summed E-state index contributed by atoms with van der Waals surface area (Å²) < 4.78 is 28.4. The largest absolute Gasteiger partial charge is 0.351 e. The molecule has 162 valence electrons. The molecule has 4 rings (SSSR count). The van der Waals surface area contributed by atoms with Crippen LogP contribution in [-0.4, -0.2) is 25.9 Å². The fraction of sp³-hybridized carbons (Fsp3) is 0.125. The Morgan fingerprint density at radius 2 is 1.56 bits per heavy atom. The van der Waals surface area contributed by atoms with Crippen LogP contribution in [0.3, 0.4) is 0 Å². The Bertz CT molecular complexity index is 1200. The summed E-state index contributed by atoms with van der Waals surface area (Å²) in [6.07, 6.45) is 0. The fourth-order valence-corrected chi connectivity index (χ4v) is 3.98. The molecule has 0 bridgehead atoms. The van der Waals surface area contributed by atoms with Crippen LogP contribution in [0.2, 0.25) is 0 Å². The summed E-state index contributed by atoms with van der Waals surface area (Å²) in [5, 5.41) is 11.5. The van der Waals surface area contributed by atoms with Crippen molar-refractivity contribution in [2.45, 2.75) is 23.9 Å². The normalized spacial score (nSPS) is 11.8. The van der Waals surface area contributed by atoms with E-state index < -0.39 is 5.25 Å². The topological polar surface area (TPSA) is 59.8 Å². The highest BCUT2D eigenvalue weighted by Crippen LogP contribution is 2.30. The highest BCUT2D eigenvalue weighted by molar-refractivity contribution is 8.00. The average molecular weight is 451 g/mol. The van der Waals surface area contributed by atoms with Gasteiger partial charge in [0.15, 0.2) is 11.0 Å². The van der Waals surface area contributed by atoms with Gasteiger partial charge >= 0.3 is 0 Å². The summed E-state index contributed by atoms with van der Waals surface area (Å²) in [4.78, 5) is 12.6. The van der Waals surface area contributed by atoms with Crippen LogP contribution < -0.4 is 5.32 Å². The molecule has 1 N–H and O–H groups in total.